The molecule has 0 radical (unpaired) electrons. The molecule has 164 valence electrons. The molecule has 0 N–H and O–H groups in total. The number of carbonyl (C=O) groups excluding carboxylic acids is 1. The number of hydrogen-bond acceptors (Lipinski definition) is 10. The first-order valence-corrected chi connectivity index (χ1v) is 11.9. The SMILES string of the molecule is COc1cccc(-c2noc(COC(=O)c3ccc4c(c3)SC3=NS(=O)(=O)CCN34)n2)c1. The lowest BCUT2D eigenvalue weighted by Crippen LogP contribution is -2.35. The van der Waals surface area contributed by atoms with Crippen LogP contribution in [0.3, 0.4) is 0 Å². The molecular weight excluding hydrogens is 456 g/mol. The van der Waals surface area contributed by atoms with Crippen LogP contribution >= 0.6 is 11.8 Å². The summed E-state index contributed by atoms with van der Waals surface area (Å²) in [7, 11) is -1.87. The molecule has 3 heterocycles. The fourth-order valence-electron chi connectivity index (χ4n) is 3.26. The molecule has 0 spiro atoms. The van der Waals surface area contributed by atoms with Crippen LogP contribution in [-0.4, -0.2) is 49.1 Å². The zero-order valence-corrected chi connectivity index (χ0v) is 18.4. The molecule has 0 amide bonds. The minimum Gasteiger partial charge on any atom is -0.497 e. The van der Waals surface area contributed by atoms with E-state index in [1.807, 2.05) is 17.0 Å². The molecule has 0 saturated heterocycles. The number of amidine groups is 1. The van der Waals surface area contributed by atoms with Crippen molar-refractivity contribution >= 4 is 38.6 Å². The molecule has 0 aliphatic carbocycles. The van der Waals surface area contributed by atoms with Gasteiger partial charge in [0.1, 0.15) is 5.75 Å². The van der Waals surface area contributed by atoms with Gasteiger partial charge in [-0.15, -0.1) is 4.40 Å². The highest BCUT2D eigenvalue weighted by molar-refractivity contribution is 8.15. The highest BCUT2D eigenvalue weighted by Gasteiger charge is 2.33. The van der Waals surface area contributed by atoms with Crippen LogP contribution in [0, 0.1) is 0 Å². The monoisotopic (exact) mass is 472 g/mol. The van der Waals surface area contributed by atoms with Gasteiger partial charge in [0.2, 0.25) is 5.82 Å². The van der Waals surface area contributed by atoms with Crippen molar-refractivity contribution in [3.63, 3.8) is 0 Å². The quantitative estimate of drug-likeness (QED) is 0.512. The summed E-state index contributed by atoms with van der Waals surface area (Å²) in [5.74, 6) is 0.575. The summed E-state index contributed by atoms with van der Waals surface area (Å²) >= 11 is 1.21. The highest BCUT2D eigenvalue weighted by Crippen LogP contribution is 2.42. The molecule has 12 heteroatoms. The molecule has 0 bridgehead atoms. The molecule has 0 atom stereocenters. The van der Waals surface area contributed by atoms with Crippen molar-refractivity contribution in [1.29, 1.82) is 0 Å². The van der Waals surface area contributed by atoms with E-state index < -0.39 is 16.0 Å². The van der Waals surface area contributed by atoms with Gasteiger partial charge in [0.15, 0.2) is 11.8 Å². The molecule has 2 aliphatic heterocycles. The Morgan fingerprint density at radius 3 is 2.97 bits per heavy atom. The zero-order valence-electron chi connectivity index (χ0n) is 16.7. The molecule has 0 saturated carbocycles. The predicted octanol–water partition coefficient (Wildman–Crippen LogP) is 2.71. The minimum absolute atomic E-state index is 0.0395. The van der Waals surface area contributed by atoms with Crippen LogP contribution in [0.25, 0.3) is 11.4 Å². The summed E-state index contributed by atoms with van der Waals surface area (Å²) < 4.78 is 42.9. The number of sulfonamides is 1. The van der Waals surface area contributed by atoms with Crippen molar-refractivity contribution in [2.45, 2.75) is 11.5 Å². The number of anilines is 1. The van der Waals surface area contributed by atoms with Crippen molar-refractivity contribution in [2.24, 2.45) is 4.40 Å². The van der Waals surface area contributed by atoms with Crippen LogP contribution in [0.4, 0.5) is 5.69 Å². The molecule has 0 fully saturated rings. The van der Waals surface area contributed by atoms with Crippen LogP contribution in [0.5, 0.6) is 5.75 Å². The van der Waals surface area contributed by atoms with E-state index in [1.165, 1.54) is 11.8 Å². The molecule has 2 aliphatic rings. The number of methoxy groups -OCH3 is 1. The fraction of sp³-hybridized carbons (Fsp3) is 0.200. The third-order valence-electron chi connectivity index (χ3n) is 4.83. The zero-order chi connectivity index (χ0) is 22.3. The van der Waals surface area contributed by atoms with Crippen molar-refractivity contribution in [3.8, 4) is 17.1 Å². The number of nitrogens with zero attached hydrogens (tertiary/aromatic N) is 4. The van der Waals surface area contributed by atoms with Crippen molar-refractivity contribution in [1.82, 2.24) is 10.1 Å². The molecular formula is C20H16N4O6S2. The van der Waals surface area contributed by atoms with Crippen LogP contribution in [0.2, 0.25) is 0 Å². The molecule has 10 nitrogen and oxygen atoms in total. The largest absolute Gasteiger partial charge is 0.497 e. The first-order valence-electron chi connectivity index (χ1n) is 9.48. The van der Waals surface area contributed by atoms with Gasteiger partial charge >= 0.3 is 5.97 Å². The van der Waals surface area contributed by atoms with Gasteiger partial charge in [0, 0.05) is 17.0 Å². The van der Waals surface area contributed by atoms with Gasteiger partial charge in [-0.1, -0.05) is 17.3 Å². The lowest BCUT2D eigenvalue weighted by atomic mass is 10.2. The summed E-state index contributed by atoms with van der Waals surface area (Å²) in [6.45, 7) is 0.148. The fourth-order valence-corrected chi connectivity index (χ4v) is 5.56. The first-order chi connectivity index (χ1) is 15.4. The number of thioether (sulfide) groups is 1. The maximum Gasteiger partial charge on any atom is 0.338 e. The Labute approximate surface area is 187 Å². The maximum absolute atomic E-state index is 12.5. The van der Waals surface area contributed by atoms with Gasteiger partial charge in [-0.2, -0.15) is 4.98 Å². The number of aromatic nitrogens is 2. The van der Waals surface area contributed by atoms with E-state index in [1.54, 1.807) is 37.4 Å². The third kappa shape index (κ3) is 3.94. The summed E-state index contributed by atoms with van der Waals surface area (Å²) in [5.41, 5.74) is 1.86. The number of ether oxygens (including phenoxy) is 2. The van der Waals surface area contributed by atoms with Gasteiger partial charge in [-0.3, -0.25) is 0 Å². The Kier molecular flexibility index (Phi) is 5.10. The first kappa shape index (κ1) is 20.5. The lowest BCUT2D eigenvalue weighted by molar-refractivity contribution is 0.0429. The Morgan fingerprint density at radius 1 is 1.25 bits per heavy atom. The molecule has 3 aromatic rings. The Morgan fingerprint density at radius 2 is 2.12 bits per heavy atom. The van der Waals surface area contributed by atoms with Gasteiger partial charge in [-0.05, 0) is 42.1 Å². The second-order valence-electron chi connectivity index (χ2n) is 6.92. The molecule has 2 aromatic carbocycles. The number of rotatable bonds is 5. The number of esters is 1. The smallest absolute Gasteiger partial charge is 0.338 e. The standard InChI is InChI=1S/C20H16N4O6S2/c1-28-14-4-2-3-12(9-14)18-21-17(30-22-18)11-29-19(25)13-5-6-15-16(10-13)31-20-23-32(26,27)8-7-24(15)20/h2-6,9-10H,7-8,11H2,1H3. The van der Waals surface area contributed by atoms with Crippen LogP contribution in [-0.2, 0) is 21.4 Å². The van der Waals surface area contributed by atoms with Crippen LogP contribution < -0.4 is 9.64 Å². The molecule has 32 heavy (non-hydrogen) atoms. The Hall–Kier alpha value is -3.38. The van der Waals surface area contributed by atoms with Gasteiger partial charge < -0.3 is 18.9 Å². The van der Waals surface area contributed by atoms with E-state index >= 15 is 0 Å². The van der Waals surface area contributed by atoms with Crippen molar-refractivity contribution < 1.29 is 27.2 Å². The van der Waals surface area contributed by atoms with Crippen LogP contribution in [0.15, 0.2) is 56.3 Å². The topological polar surface area (TPSA) is 124 Å². The highest BCUT2D eigenvalue weighted by atomic mass is 32.2. The van der Waals surface area contributed by atoms with E-state index in [9.17, 15) is 13.2 Å². The lowest BCUT2D eigenvalue weighted by Gasteiger charge is -2.22. The van der Waals surface area contributed by atoms with E-state index in [-0.39, 0.29) is 18.3 Å². The Balaban J connectivity index is 1.27. The average Bonchev–Trinajstić information content (AvgIpc) is 3.40. The maximum atomic E-state index is 12.5. The Bertz CT molecular complexity index is 1350. The van der Waals surface area contributed by atoms with Crippen molar-refractivity contribution in [2.75, 3.05) is 24.3 Å². The average molecular weight is 473 g/mol. The summed E-state index contributed by atoms with van der Waals surface area (Å²) in [4.78, 5) is 19.3. The third-order valence-corrected chi connectivity index (χ3v) is 7.14. The molecule has 1 aromatic heterocycles. The van der Waals surface area contributed by atoms with E-state index in [0.717, 1.165) is 10.6 Å². The molecule has 0 unspecified atom stereocenters. The molecule has 5 rings (SSSR count). The second-order valence-corrected chi connectivity index (χ2v) is 9.68. The van der Waals surface area contributed by atoms with E-state index in [4.69, 9.17) is 14.0 Å². The second kappa shape index (κ2) is 7.95. The normalized spacial score (nSPS) is 16.2. The number of carbonyl (C=O) groups is 1. The van der Waals surface area contributed by atoms with Gasteiger partial charge in [0.25, 0.3) is 15.9 Å². The van der Waals surface area contributed by atoms with E-state index in [0.29, 0.717) is 34.4 Å². The number of benzene rings is 2. The van der Waals surface area contributed by atoms with Gasteiger partial charge in [-0.25, -0.2) is 13.2 Å². The summed E-state index contributed by atoms with van der Waals surface area (Å²) in [5, 5.41) is 4.30. The van der Waals surface area contributed by atoms with Crippen molar-refractivity contribution in [3.05, 3.63) is 53.9 Å². The predicted molar refractivity (Wildman–Crippen MR) is 116 cm³/mol. The minimum atomic E-state index is -3.44. The van der Waals surface area contributed by atoms with Gasteiger partial charge in [0.05, 0.1) is 24.1 Å². The van der Waals surface area contributed by atoms with Crippen LogP contribution in [0.1, 0.15) is 16.2 Å². The number of hydrogen-bond donors (Lipinski definition) is 0. The summed E-state index contributed by atoms with van der Waals surface area (Å²) in [6, 6.07) is 12.2. The van der Waals surface area contributed by atoms with E-state index in [2.05, 4.69) is 14.5 Å². The summed E-state index contributed by atoms with van der Waals surface area (Å²) in [6.07, 6.45) is 0. The number of fused-ring (bicyclic) bond motifs is 3.